The van der Waals surface area contributed by atoms with Crippen LogP contribution in [0.4, 0.5) is 0 Å². The molecule has 0 radical (unpaired) electrons. The molecule has 1 aliphatic carbocycles. The van der Waals surface area contributed by atoms with Crippen molar-refractivity contribution in [2.24, 2.45) is 11.3 Å². The van der Waals surface area contributed by atoms with Gasteiger partial charge in [-0.05, 0) is 37.0 Å². The summed E-state index contributed by atoms with van der Waals surface area (Å²) in [5.41, 5.74) is 0.0440. The molecule has 0 aromatic rings. The molecule has 1 aliphatic rings. The van der Waals surface area contributed by atoms with Gasteiger partial charge >= 0.3 is 0 Å². The lowest BCUT2D eigenvalue weighted by Gasteiger charge is -2.26. The van der Waals surface area contributed by atoms with Crippen LogP contribution in [0.2, 0.25) is 0 Å². The van der Waals surface area contributed by atoms with E-state index < -0.39 is 9.84 Å². The van der Waals surface area contributed by atoms with Gasteiger partial charge in [-0.1, -0.05) is 13.8 Å². The molecule has 1 unspecified atom stereocenters. The largest absolute Gasteiger partial charge is 0.229 e. The molecule has 15 heavy (non-hydrogen) atoms. The second-order valence-electron chi connectivity index (χ2n) is 4.96. The zero-order valence-electron chi connectivity index (χ0n) is 9.63. The predicted octanol–water partition coefficient (Wildman–Crippen LogP) is 2.86. The average molecular weight is 253 g/mol. The fraction of sp³-hybridized carbons (Fsp3) is 1.00. The number of alkyl halides is 1. The smallest absolute Gasteiger partial charge is 0.150 e. The molecule has 1 rings (SSSR count). The van der Waals surface area contributed by atoms with Gasteiger partial charge in [-0.25, -0.2) is 8.42 Å². The maximum Gasteiger partial charge on any atom is 0.150 e. The lowest BCUT2D eigenvalue weighted by Crippen LogP contribution is -2.26. The van der Waals surface area contributed by atoms with Gasteiger partial charge in [0.2, 0.25) is 0 Å². The van der Waals surface area contributed by atoms with Gasteiger partial charge in [-0.3, -0.25) is 0 Å². The van der Waals surface area contributed by atoms with E-state index in [4.69, 9.17) is 11.6 Å². The van der Waals surface area contributed by atoms with Crippen LogP contribution in [-0.4, -0.2) is 25.8 Å². The first kappa shape index (κ1) is 13.3. The van der Waals surface area contributed by atoms with Crippen LogP contribution in [0, 0.1) is 11.3 Å². The molecule has 0 bridgehead atoms. The number of sulfone groups is 1. The van der Waals surface area contributed by atoms with Crippen molar-refractivity contribution in [2.75, 3.05) is 17.4 Å². The van der Waals surface area contributed by atoms with Crippen LogP contribution >= 0.6 is 11.6 Å². The number of rotatable bonds is 7. The SMILES string of the molecule is CCCS(=O)(=O)CCC(C)(CCl)C1CC1. The van der Waals surface area contributed by atoms with E-state index in [2.05, 4.69) is 6.92 Å². The molecule has 0 N–H and O–H groups in total. The zero-order chi connectivity index (χ0) is 11.5. The van der Waals surface area contributed by atoms with E-state index in [9.17, 15) is 8.42 Å². The van der Waals surface area contributed by atoms with Crippen LogP contribution < -0.4 is 0 Å². The first-order valence-electron chi connectivity index (χ1n) is 5.70. The molecule has 4 heteroatoms. The summed E-state index contributed by atoms with van der Waals surface area (Å²) in [4.78, 5) is 0. The van der Waals surface area contributed by atoms with E-state index in [-0.39, 0.29) is 5.41 Å². The Morgan fingerprint density at radius 3 is 2.33 bits per heavy atom. The highest BCUT2D eigenvalue weighted by atomic mass is 35.5. The molecule has 0 aromatic heterocycles. The molecule has 0 aromatic carbocycles. The van der Waals surface area contributed by atoms with Crippen molar-refractivity contribution in [3.8, 4) is 0 Å². The monoisotopic (exact) mass is 252 g/mol. The van der Waals surface area contributed by atoms with Gasteiger partial charge < -0.3 is 0 Å². The highest BCUT2D eigenvalue weighted by molar-refractivity contribution is 7.91. The van der Waals surface area contributed by atoms with Crippen molar-refractivity contribution in [1.29, 1.82) is 0 Å². The maximum atomic E-state index is 11.6. The van der Waals surface area contributed by atoms with Gasteiger partial charge in [0, 0.05) is 11.6 Å². The molecule has 0 amide bonds. The minimum Gasteiger partial charge on any atom is -0.229 e. The minimum absolute atomic E-state index is 0.0440. The molecular formula is C11H21ClO2S. The second-order valence-corrected chi connectivity index (χ2v) is 7.53. The van der Waals surface area contributed by atoms with E-state index in [1.54, 1.807) is 0 Å². The molecule has 0 saturated heterocycles. The van der Waals surface area contributed by atoms with Crippen molar-refractivity contribution < 1.29 is 8.42 Å². The first-order valence-corrected chi connectivity index (χ1v) is 8.05. The summed E-state index contributed by atoms with van der Waals surface area (Å²) in [6, 6.07) is 0. The van der Waals surface area contributed by atoms with E-state index in [0.717, 1.165) is 6.42 Å². The fourth-order valence-corrected chi connectivity index (χ4v) is 3.92. The Kier molecular flexibility index (Phi) is 4.48. The molecule has 2 nitrogen and oxygen atoms in total. The van der Waals surface area contributed by atoms with E-state index in [1.807, 2.05) is 6.92 Å². The molecule has 1 fully saturated rings. The average Bonchev–Trinajstić information content (AvgIpc) is 2.98. The molecule has 0 spiro atoms. The van der Waals surface area contributed by atoms with Crippen LogP contribution in [0.25, 0.3) is 0 Å². The van der Waals surface area contributed by atoms with Crippen LogP contribution in [-0.2, 0) is 9.84 Å². The zero-order valence-corrected chi connectivity index (χ0v) is 11.2. The summed E-state index contributed by atoms with van der Waals surface area (Å²) in [5.74, 6) is 1.86. The number of hydrogen-bond donors (Lipinski definition) is 0. The van der Waals surface area contributed by atoms with Crippen molar-refractivity contribution in [2.45, 2.75) is 39.5 Å². The molecule has 1 atom stereocenters. The quantitative estimate of drug-likeness (QED) is 0.653. The van der Waals surface area contributed by atoms with Gasteiger partial charge in [-0.2, -0.15) is 0 Å². The minimum atomic E-state index is -2.84. The van der Waals surface area contributed by atoms with Crippen LogP contribution in [0.1, 0.15) is 39.5 Å². The Hall–Kier alpha value is 0.240. The van der Waals surface area contributed by atoms with Gasteiger partial charge in [0.25, 0.3) is 0 Å². The second kappa shape index (κ2) is 5.05. The standard InChI is InChI=1S/C11H21ClO2S/c1-3-7-15(13,14)8-6-11(2,9-12)10-4-5-10/h10H,3-9H2,1-2H3. The number of hydrogen-bond acceptors (Lipinski definition) is 2. The van der Waals surface area contributed by atoms with Crippen molar-refractivity contribution in [1.82, 2.24) is 0 Å². The first-order chi connectivity index (χ1) is 6.93. The topological polar surface area (TPSA) is 34.1 Å². The van der Waals surface area contributed by atoms with E-state index >= 15 is 0 Å². The summed E-state index contributed by atoms with van der Waals surface area (Å²) in [6.07, 6.45) is 3.88. The van der Waals surface area contributed by atoms with Crippen molar-refractivity contribution in [3.05, 3.63) is 0 Å². The van der Waals surface area contributed by atoms with Gasteiger partial charge in [-0.15, -0.1) is 11.6 Å². The lowest BCUT2D eigenvalue weighted by molar-refractivity contribution is 0.304. The fourth-order valence-electron chi connectivity index (χ4n) is 1.96. The summed E-state index contributed by atoms with van der Waals surface area (Å²) >= 11 is 5.95. The number of halogens is 1. The van der Waals surface area contributed by atoms with Gasteiger partial charge in [0.1, 0.15) is 9.84 Å². The Morgan fingerprint density at radius 2 is 1.93 bits per heavy atom. The Labute approximate surface area is 98.3 Å². The highest BCUT2D eigenvalue weighted by Crippen LogP contribution is 2.48. The molecular weight excluding hydrogens is 232 g/mol. The lowest BCUT2D eigenvalue weighted by atomic mass is 9.84. The Bertz CT molecular complexity index is 296. The molecule has 1 saturated carbocycles. The normalized spacial score (nSPS) is 21.3. The van der Waals surface area contributed by atoms with E-state index in [1.165, 1.54) is 12.8 Å². The van der Waals surface area contributed by atoms with E-state index in [0.29, 0.717) is 29.7 Å². The van der Waals surface area contributed by atoms with Gasteiger partial charge in [0.05, 0.1) is 5.75 Å². The molecule has 0 heterocycles. The summed E-state index contributed by atoms with van der Waals surface area (Å²) in [5, 5.41) is 0. The van der Waals surface area contributed by atoms with Crippen LogP contribution in [0.3, 0.4) is 0 Å². The van der Waals surface area contributed by atoms with Crippen molar-refractivity contribution >= 4 is 21.4 Å². The Balaban J connectivity index is 2.47. The van der Waals surface area contributed by atoms with Crippen LogP contribution in [0.15, 0.2) is 0 Å². The maximum absolute atomic E-state index is 11.6. The van der Waals surface area contributed by atoms with Crippen LogP contribution in [0.5, 0.6) is 0 Å². The summed E-state index contributed by atoms with van der Waals surface area (Å²) in [7, 11) is -2.84. The van der Waals surface area contributed by atoms with Gasteiger partial charge in [0.15, 0.2) is 0 Å². The summed E-state index contributed by atoms with van der Waals surface area (Å²) in [6.45, 7) is 4.03. The Morgan fingerprint density at radius 1 is 1.33 bits per heavy atom. The summed E-state index contributed by atoms with van der Waals surface area (Å²) < 4.78 is 23.2. The molecule has 0 aliphatic heterocycles. The highest BCUT2D eigenvalue weighted by Gasteiger charge is 2.41. The third-order valence-corrected chi connectivity index (χ3v) is 5.83. The van der Waals surface area contributed by atoms with Crippen molar-refractivity contribution in [3.63, 3.8) is 0 Å². The third kappa shape index (κ3) is 3.95. The molecule has 90 valence electrons. The third-order valence-electron chi connectivity index (χ3n) is 3.37. The predicted molar refractivity (Wildman–Crippen MR) is 65.1 cm³/mol.